The van der Waals surface area contributed by atoms with E-state index in [-0.39, 0.29) is 15.6 Å². The van der Waals surface area contributed by atoms with Gasteiger partial charge in [0.2, 0.25) is 0 Å². The summed E-state index contributed by atoms with van der Waals surface area (Å²) >= 11 is 0.804. The van der Waals surface area contributed by atoms with Crippen molar-refractivity contribution < 1.29 is 18.0 Å². The average Bonchev–Trinajstić information content (AvgIpc) is 2.57. The van der Waals surface area contributed by atoms with Gasteiger partial charge in [0, 0.05) is 0 Å². The van der Waals surface area contributed by atoms with Crippen molar-refractivity contribution in [2.75, 3.05) is 0 Å². The Morgan fingerprint density at radius 2 is 1.94 bits per heavy atom. The lowest BCUT2D eigenvalue weighted by atomic mass is 10.1. The lowest BCUT2D eigenvalue weighted by Gasteiger charge is -2.09. The maximum Gasteiger partial charge on any atom is 0.416 e. The maximum absolute atomic E-state index is 12.7. The molecule has 1 aliphatic heterocycles. The molecule has 3 nitrogen and oxygen atoms in total. The van der Waals surface area contributed by atoms with Gasteiger partial charge in [0.1, 0.15) is 0 Å². The molecule has 94 valence electrons. The third-order valence-corrected chi connectivity index (χ3v) is 3.05. The molecule has 2 rings (SSSR count). The molecule has 1 heterocycles. The van der Waals surface area contributed by atoms with Crippen molar-refractivity contribution in [3.8, 4) is 0 Å². The molecule has 2 N–H and O–H groups in total. The predicted molar refractivity (Wildman–Crippen MR) is 62.9 cm³/mol. The minimum atomic E-state index is -4.47. The normalized spacial score (nSPS) is 18.3. The molecule has 0 radical (unpaired) electrons. The number of carbonyl (C=O) groups is 1. The smallest absolute Gasteiger partial charge is 0.301 e. The Labute approximate surface area is 105 Å². The molecule has 1 aromatic carbocycles. The summed E-state index contributed by atoms with van der Waals surface area (Å²) in [6.07, 6.45) is -3.33. The van der Waals surface area contributed by atoms with Crippen molar-refractivity contribution >= 4 is 28.9 Å². The highest BCUT2D eigenvalue weighted by molar-refractivity contribution is 8.18. The third-order valence-electron chi connectivity index (χ3n) is 2.22. The van der Waals surface area contributed by atoms with Gasteiger partial charge in [0.05, 0.1) is 10.5 Å². The highest BCUT2D eigenvalue weighted by Crippen LogP contribution is 2.34. The molecular weight excluding hydrogens is 265 g/mol. The first-order valence-corrected chi connectivity index (χ1v) is 5.65. The molecule has 0 saturated carbocycles. The number of amides is 1. The van der Waals surface area contributed by atoms with Gasteiger partial charge in [-0.3, -0.25) is 10.2 Å². The number of amidine groups is 1. The fourth-order valence-electron chi connectivity index (χ4n) is 1.46. The number of halogens is 3. The van der Waals surface area contributed by atoms with E-state index in [1.54, 1.807) is 0 Å². The standard InChI is InChI=1S/C11H7F3N2OS/c12-11(13,14)7-4-2-1-3-6(7)5-8-9(17)16-10(15)18-8/h1-5H,(H2,15,16,17). The first kappa shape index (κ1) is 12.7. The zero-order chi connectivity index (χ0) is 13.3. The number of benzene rings is 1. The molecule has 1 aromatic rings. The Hall–Kier alpha value is -1.76. The second-order valence-electron chi connectivity index (χ2n) is 3.48. The molecular formula is C11H7F3N2OS. The van der Waals surface area contributed by atoms with Gasteiger partial charge in [-0.25, -0.2) is 0 Å². The number of hydrogen-bond acceptors (Lipinski definition) is 3. The number of alkyl halides is 3. The summed E-state index contributed by atoms with van der Waals surface area (Å²) < 4.78 is 38.2. The Balaban J connectivity index is 2.44. The Bertz CT molecular complexity index is 551. The summed E-state index contributed by atoms with van der Waals surface area (Å²) in [6, 6.07) is 4.99. The molecule has 1 aliphatic rings. The largest absolute Gasteiger partial charge is 0.416 e. The van der Waals surface area contributed by atoms with Crippen molar-refractivity contribution in [3.63, 3.8) is 0 Å². The van der Waals surface area contributed by atoms with Crippen molar-refractivity contribution in [1.82, 2.24) is 5.32 Å². The van der Waals surface area contributed by atoms with Gasteiger partial charge in [-0.2, -0.15) is 13.2 Å². The Morgan fingerprint density at radius 3 is 2.50 bits per heavy atom. The van der Waals surface area contributed by atoms with Crippen LogP contribution in [0.1, 0.15) is 11.1 Å². The summed E-state index contributed by atoms with van der Waals surface area (Å²) in [6.45, 7) is 0. The topological polar surface area (TPSA) is 53.0 Å². The predicted octanol–water partition coefficient (Wildman–Crippen LogP) is 2.84. The molecule has 7 heteroatoms. The van der Waals surface area contributed by atoms with Crippen molar-refractivity contribution in [2.45, 2.75) is 6.18 Å². The average molecular weight is 272 g/mol. The highest BCUT2D eigenvalue weighted by Gasteiger charge is 2.33. The van der Waals surface area contributed by atoms with E-state index in [1.807, 2.05) is 0 Å². The molecule has 1 fully saturated rings. The first-order chi connectivity index (χ1) is 8.38. The van der Waals surface area contributed by atoms with Crippen LogP contribution in [0.4, 0.5) is 13.2 Å². The SMILES string of the molecule is N=C1NC(=O)C(=Cc2ccccc2C(F)(F)F)S1. The molecule has 1 amide bonds. The second kappa shape index (κ2) is 4.49. The van der Waals surface area contributed by atoms with Crippen LogP contribution in [0, 0.1) is 5.41 Å². The molecule has 0 aliphatic carbocycles. The summed E-state index contributed by atoms with van der Waals surface area (Å²) in [7, 11) is 0. The van der Waals surface area contributed by atoms with Crippen LogP contribution < -0.4 is 5.32 Å². The van der Waals surface area contributed by atoms with Crippen LogP contribution in [-0.2, 0) is 11.0 Å². The molecule has 0 unspecified atom stereocenters. The van der Waals surface area contributed by atoms with Gasteiger partial charge in [-0.15, -0.1) is 0 Å². The van der Waals surface area contributed by atoms with Crippen LogP contribution in [0.3, 0.4) is 0 Å². The van der Waals surface area contributed by atoms with E-state index >= 15 is 0 Å². The van der Waals surface area contributed by atoms with Gasteiger partial charge in [0.15, 0.2) is 5.17 Å². The van der Waals surface area contributed by atoms with Crippen molar-refractivity contribution in [2.24, 2.45) is 0 Å². The van der Waals surface area contributed by atoms with E-state index in [1.165, 1.54) is 18.2 Å². The van der Waals surface area contributed by atoms with Gasteiger partial charge in [-0.05, 0) is 29.5 Å². The van der Waals surface area contributed by atoms with Crippen LogP contribution >= 0.6 is 11.8 Å². The van der Waals surface area contributed by atoms with Gasteiger partial charge in [0.25, 0.3) is 5.91 Å². The molecule has 0 spiro atoms. The highest BCUT2D eigenvalue weighted by atomic mass is 32.2. The van der Waals surface area contributed by atoms with E-state index in [0.717, 1.165) is 23.9 Å². The van der Waals surface area contributed by atoms with E-state index in [9.17, 15) is 18.0 Å². The van der Waals surface area contributed by atoms with Gasteiger partial charge >= 0.3 is 6.18 Å². The zero-order valence-corrected chi connectivity index (χ0v) is 9.65. The lowest BCUT2D eigenvalue weighted by Crippen LogP contribution is -2.18. The van der Waals surface area contributed by atoms with Gasteiger partial charge < -0.3 is 5.32 Å². The molecule has 18 heavy (non-hydrogen) atoms. The van der Waals surface area contributed by atoms with Gasteiger partial charge in [-0.1, -0.05) is 18.2 Å². The molecule has 0 aromatic heterocycles. The third kappa shape index (κ3) is 2.56. The lowest BCUT2D eigenvalue weighted by molar-refractivity contribution is -0.137. The van der Waals surface area contributed by atoms with Crippen LogP contribution in [-0.4, -0.2) is 11.1 Å². The van der Waals surface area contributed by atoms with Crippen LogP contribution in [0.15, 0.2) is 29.2 Å². The minimum absolute atomic E-state index is 0.0803. The number of carbonyl (C=O) groups excluding carboxylic acids is 1. The summed E-state index contributed by atoms with van der Waals surface area (Å²) in [5.74, 6) is -0.554. The van der Waals surface area contributed by atoms with Crippen LogP contribution in [0.2, 0.25) is 0 Å². The van der Waals surface area contributed by atoms with E-state index in [2.05, 4.69) is 5.32 Å². The Kier molecular flexibility index (Phi) is 3.16. The fourth-order valence-corrected chi connectivity index (χ4v) is 2.16. The fraction of sp³-hybridized carbons (Fsp3) is 0.0909. The number of hydrogen-bond donors (Lipinski definition) is 2. The summed E-state index contributed by atoms with van der Waals surface area (Å²) in [5, 5.41) is 9.34. The minimum Gasteiger partial charge on any atom is -0.301 e. The van der Waals surface area contributed by atoms with E-state index in [0.29, 0.717) is 0 Å². The Morgan fingerprint density at radius 1 is 1.28 bits per heavy atom. The molecule has 0 atom stereocenters. The number of nitrogens with one attached hydrogen (secondary N) is 2. The monoisotopic (exact) mass is 272 g/mol. The molecule has 0 bridgehead atoms. The first-order valence-electron chi connectivity index (χ1n) is 4.83. The maximum atomic E-state index is 12.7. The van der Waals surface area contributed by atoms with Crippen LogP contribution in [0.25, 0.3) is 6.08 Å². The second-order valence-corrected chi connectivity index (χ2v) is 4.53. The van der Waals surface area contributed by atoms with Crippen LogP contribution in [0.5, 0.6) is 0 Å². The zero-order valence-electron chi connectivity index (χ0n) is 8.84. The quantitative estimate of drug-likeness (QED) is 0.772. The van der Waals surface area contributed by atoms with E-state index < -0.39 is 17.6 Å². The van der Waals surface area contributed by atoms with Crippen molar-refractivity contribution in [3.05, 3.63) is 40.3 Å². The number of thioether (sulfide) groups is 1. The van der Waals surface area contributed by atoms with Crippen molar-refractivity contribution in [1.29, 1.82) is 5.41 Å². The van der Waals surface area contributed by atoms with E-state index in [4.69, 9.17) is 5.41 Å². The molecule has 1 saturated heterocycles. The summed E-state index contributed by atoms with van der Waals surface area (Å²) in [4.78, 5) is 11.4. The number of rotatable bonds is 1. The summed E-state index contributed by atoms with van der Waals surface area (Å²) in [5.41, 5.74) is -0.887.